The number of aromatic nitrogens is 1. The van der Waals surface area contributed by atoms with E-state index in [1.807, 2.05) is 37.4 Å². The molecule has 1 amide bonds. The van der Waals surface area contributed by atoms with Gasteiger partial charge in [0.25, 0.3) is 5.91 Å². The molecule has 1 aromatic heterocycles. The number of nitrogens with one attached hydrogen (secondary N) is 2. The lowest BCUT2D eigenvalue weighted by Crippen LogP contribution is -2.25. The molecule has 3 rings (SSSR count). The highest BCUT2D eigenvalue weighted by Gasteiger charge is 2.21. The Balaban J connectivity index is 1.80. The van der Waals surface area contributed by atoms with Crippen molar-refractivity contribution in [2.75, 3.05) is 18.9 Å². The van der Waals surface area contributed by atoms with Crippen LogP contribution in [0.15, 0.2) is 30.3 Å². The Labute approximate surface area is 118 Å². The van der Waals surface area contributed by atoms with Crippen LogP contribution in [0, 0.1) is 5.92 Å². The third-order valence-corrected chi connectivity index (χ3v) is 3.75. The van der Waals surface area contributed by atoms with Crippen LogP contribution < -0.4 is 10.6 Å². The molecule has 0 radical (unpaired) electrons. The smallest absolute Gasteiger partial charge is 0.269 e. The van der Waals surface area contributed by atoms with Gasteiger partial charge in [-0.25, -0.2) is 4.98 Å². The molecule has 0 unspecified atom stereocenters. The molecule has 2 aromatic rings. The Morgan fingerprint density at radius 2 is 2.15 bits per heavy atom. The molecule has 4 heteroatoms. The van der Waals surface area contributed by atoms with Crippen LogP contribution in [0.1, 0.15) is 29.8 Å². The van der Waals surface area contributed by atoms with Crippen molar-refractivity contribution in [2.45, 2.75) is 19.3 Å². The number of hydrogen-bond acceptors (Lipinski definition) is 3. The van der Waals surface area contributed by atoms with E-state index in [0.29, 0.717) is 5.69 Å². The van der Waals surface area contributed by atoms with Crippen molar-refractivity contribution in [3.63, 3.8) is 0 Å². The van der Waals surface area contributed by atoms with Crippen molar-refractivity contribution >= 4 is 22.5 Å². The van der Waals surface area contributed by atoms with Crippen LogP contribution in [0.25, 0.3) is 10.9 Å². The van der Waals surface area contributed by atoms with Gasteiger partial charge in [0.1, 0.15) is 5.69 Å². The van der Waals surface area contributed by atoms with Gasteiger partial charge in [0.2, 0.25) is 0 Å². The van der Waals surface area contributed by atoms with E-state index >= 15 is 0 Å². The molecule has 1 aliphatic carbocycles. The number of pyridine rings is 1. The minimum atomic E-state index is -0.0899. The second-order valence-electron chi connectivity index (χ2n) is 5.31. The summed E-state index contributed by atoms with van der Waals surface area (Å²) in [5.41, 5.74) is 2.25. The molecule has 1 aliphatic rings. The summed E-state index contributed by atoms with van der Waals surface area (Å²) in [6, 6.07) is 9.65. The van der Waals surface area contributed by atoms with Crippen LogP contribution in [0.5, 0.6) is 0 Å². The zero-order valence-corrected chi connectivity index (χ0v) is 11.6. The van der Waals surface area contributed by atoms with Gasteiger partial charge in [-0.1, -0.05) is 31.0 Å². The van der Waals surface area contributed by atoms with E-state index in [0.717, 1.165) is 35.5 Å². The molecule has 0 saturated heterocycles. The number of hydrogen-bond donors (Lipinski definition) is 2. The second kappa shape index (κ2) is 5.49. The largest absolute Gasteiger partial charge is 0.388 e. The molecule has 0 spiro atoms. The van der Waals surface area contributed by atoms with E-state index in [2.05, 4.69) is 15.6 Å². The van der Waals surface area contributed by atoms with E-state index in [1.165, 1.54) is 12.8 Å². The average Bonchev–Trinajstić information content (AvgIpc) is 3.30. The highest BCUT2D eigenvalue weighted by atomic mass is 16.1. The van der Waals surface area contributed by atoms with Gasteiger partial charge in [0.05, 0.1) is 5.52 Å². The van der Waals surface area contributed by atoms with Crippen molar-refractivity contribution in [3.05, 3.63) is 36.0 Å². The molecule has 1 saturated carbocycles. The fraction of sp³-hybridized carbons (Fsp3) is 0.375. The Morgan fingerprint density at radius 1 is 1.35 bits per heavy atom. The molecule has 2 N–H and O–H groups in total. The minimum absolute atomic E-state index is 0.0899. The molecule has 0 bridgehead atoms. The number of nitrogens with zero attached hydrogens (tertiary/aromatic N) is 1. The van der Waals surface area contributed by atoms with Gasteiger partial charge in [0, 0.05) is 24.7 Å². The first-order valence-corrected chi connectivity index (χ1v) is 7.13. The maximum atomic E-state index is 12.2. The summed E-state index contributed by atoms with van der Waals surface area (Å²) in [5.74, 6) is 0.737. The first kappa shape index (κ1) is 12.9. The fourth-order valence-corrected chi connectivity index (χ4v) is 2.39. The molecular weight excluding hydrogens is 250 g/mol. The van der Waals surface area contributed by atoms with Crippen molar-refractivity contribution < 1.29 is 4.79 Å². The quantitative estimate of drug-likeness (QED) is 0.877. The molecule has 1 heterocycles. The first-order valence-electron chi connectivity index (χ1n) is 7.13. The number of para-hydroxylation sites is 1. The van der Waals surface area contributed by atoms with Gasteiger partial charge in [-0.3, -0.25) is 4.79 Å². The molecule has 0 aliphatic heterocycles. The van der Waals surface area contributed by atoms with E-state index in [4.69, 9.17) is 0 Å². The molecular formula is C16H19N3O. The average molecular weight is 269 g/mol. The number of amides is 1. The predicted octanol–water partition coefficient (Wildman–Crippen LogP) is 2.81. The third kappa shape index (κ3) is 2.74. The number of fused-ring (bicyclic) bond motifs is 1. The van der Waals surface area contributed by atoms with Gasteiger partial charge >= 0.3 is 0 Å². The van der Waals surface area contributed by atoms with E-state index < -0.39 is 0 Å². The van der Waals surface area contributed by atoms with E-state index in [-0.39, 0.29) is 5.91 Å². The lowest BCUT2D eigenvalue weighted by Gasteiger charge is -2.09. The SMILES string of the molecule is CNc1cc(C(=O)NCCC2CC2)nc2ccccc12. The normalized spacial score (nSPS) is 14.2. The first-order chi connectivity index (χ1) is 9.78. The summed E-state index contributed by atoms with van der Waals surface area (Å²) in [7, 11) is 1.86. The zero-order chi connectivity index (χ0) is 13.9. The molecule has 20 heavy (non-hydrogen) atoms. The maximum Gasteiger partial charge on any atom is 0.269 e. The number of benzene rings is 1. The van der Waals surface area contributed by atoms with Crippen LogP contribution in [-0.4, -0.2) is 24.5 Å². The molecule has 0 atom stereocenters. The topological polar surface area (TPSA) is 54.0 Å². The van der Waals surface area contributed by atoms with Crippen LogP contribution in [-0.2, 0) is 0 Å². The van der Waals surface area contributed by atoms with Gasteiger partial charge in [-0.15, -0.1) is 0 Å². The molecule has 1 aromatic carbocycles. The van der Waals surface area contributed by atoms with Gasteiger partial charge in [-0.2, -0.15) is 0 Å². The minimum Gasteiger partial charge on any atom is -0.388 e. The Morgan fingerprint density at radius 3 is 2.90 bits per heavy atom. The van der Waals surface area contributed by atoms with Crippen molar-refractivity contribution in [1.29, 1.82) is 0 Å². The molecule has 104 valence electrons. The maximum absolute atomic E-state index is 12.2. The van der Waals surface area contributed by atoms with Gasteiger partial charge in [-0.05, 0) is 24.5 Å². The van der Waals surface area contributed by atoms with Crippen molar-refractivity contribution in [1.82, 2.24) is 10.3 Å². The monoisotopic (exact) mass is 269 g/mol. The highest BCUT2D eigenvalue weighted by Crippen LogP contribution is 2.31. The Hall–Kier alpha value is -2.10. The summed E-state index contributed by atoms with van der Waals surface area (Å²) < 4.78 is 0. The van der Waals surface area contributed by atoms with E-state index in [1.54, 1.807) is 0 Å². The standard InChI is InChI=1S/C16H19N3O/c1-17-14-10-15(16(20)18-9-8-11-6-7-11)19-13-5-3-2-4-12(13)14/h2-5,10-11H,6-9H2,1H3,(H,17,19)(H,18,20). The van der Waals surface area contributed by atoms with Crippen LogP contribution >= 0.6 is 0 Å². The summed E-state index contributed by atoms with van der Waals surface area (Å²) in [6.45, 7) is 0.743. The zero-order valence-electron chi connectivity index (χ0n) is 11.6. The van der Waals surface area contributed by atoms with Gasteiger partial charge in [0.15, 0.2) is 0 Å². The van der Waals surface area contributed by atoms with Crippen molar-refractivity contribution in [3.8, 4) is 0 Å². The van der Waals surface area contributed by atoms with Crippen LogP contribution in [0.4, 0.5) is 5.69 Å². The summed E-state index contributed by atoms with van der Waals surface area (Å²) in [4.78, 5) is 16.6. The number of carbonyl (C=O) groups excluding carboxylic acids is 1. The predicted molar refractivity (Wildman–Crippen MR) is 81.0 cm³/mol. The second-order valence-corrected chi connectivity index (χ2v) is 5.31. The summed E-state index contributed by atoms with van der Waals surface area (Å²) >= 11 is 0. The fourth-order valence-electron chi connectivity index (χ4n) is 2.39. The van der Waals surface area contributed by atoms with Gasteiger partial charge < -0.3 is 10.6 Å². The lowest BCUT2D eigenvalue weighted by molar-refractivity contribution is 0.0948. The van der Waals surface area contributed by atoms with Crippen LogP contribution in [0.3, 0.4) is 0 Å². The molecule has 1 fully saturated rings. The Kier molecular flexibility index (Phi) is 3.54. The number of rotatable bonds is 5. The lowest BCUT2D eigenvalue weighted by atomic mass is 10.1. The number of carbonyl (C=O) groups is 1. The summed E-state index contributed by atoms with van der Waals surface area (Å²) in [6.07, 6.45) is 3.71. The van der Waals surface area contributed by atoms with E-state index in [9.17, 15) is 4.79 Å². The molecule has 4 nitrogen and oxygen atoms in total. The van der Waals surface area contributed by atoms with Crippen LogP contribution in [0.2, 0.25) is 0 Å². The van der Waals surface area contributed by atoms with Crippen molar-refractivity contribution in [2.24, 2.45) is 5.92 Å². The Bertz CT molecular complexity index is 635. The number of anilines is 1. The highest BCUT2D eigenvalue weighted by molar-refractivity contribution is 5.99. The summed E-state index contributed by atoms with van der Waals surface area (Å²) in [5, 5.41) is 7.12. The third-order valence-electron chi connectivity index (χ3n) is 3.75.